The van der Waals surface area contributed by atoms with Crippen LogP contribution in [0.4, 0.5) is 0 Å². The van der Waals surface area contributed by atoms with Crippen LogP contribution in [0.25, 0.3) is 0 Å². The van der Waals surface area contributed by atoms with Crippen molar-refractivity contribution in [1.82, 2.24) is 15.3 Å². The van der Waals surface area contributed by atoms with Crippen LogP contribution in [0.15, 0.2) is 10.9 Å². The second-order valence-electron chi connectivity index (χ2n) is 3.96. The number of hydrogen-bond acceptors (Lipinski definition) is 4. The zero-order valence-corrected chi connectivity index (χ0v) is 9.45. The quantitative estimate of drug-likeness (QED) is 0.774. The first-order valence-corrected chi connectivity index (χ1v) is 5.68. The van der Waals surface area contributed by atoms with Crippen molar-refractivity contribution in [2.45, 2.75) is 25.8 Å². The van der Waals surface area contributed by atoms with Crippen molar-refractivity contribution in [2.24, 2.45) is 0 Å². The maximum Gasteiger partial charge on any atom is 0.251 e. The van der Waals surface area contributed by atoms with E-state index in [1.54, 1.807) is 6.07 Å². The van der Waals surface area contributed by atoms with Crippen LogP contribution < -0.4 is 10.9 Å². The predicted molar refractivity (Wildman–Crippen MR) is 60.4 cm³/mol. The number of aromatic amines is 1. The van der Waals surface area contributed by atoms with Gasteiger partial charge in [-0.05, 0) is 13.0 Å². The summed E-state index contributed by atoms with van der Waals surface area (Å²) in [7, 11) is 0. The van der Waals surface area contributed by atoms with Crippen molar-refractivity contribution in [3.63, 3.8) is 0 Å². The van der Waals surface area contributed by atoms with Crippen LogP contribution in [0.5, 0.6) is 0 Å². The van der Waals surface area contributed by atoms with Gasteiger partial charge in [0.1, 0.15) is 5.82 Å². The van der Waals surface area contributed by atoms with Crippen molar-refractivity contribution >= 4 is 0 Å². The molecule has 5 nitrogen and oxygen atoms in total. The summed E-state index contributed by atoms with van der Waals surface area (Å²) in [5.74, 6) is 1.01. The molecule has 1 fully saturated rings. The van der Waals surface area contributed by atoms with Gasteiger partial charge >= 0.3 is 0 Å². The topological polar surface area (TPSA) is 67.0 Å². The first-order chi connectivity index (χ1) is 7.79. The van der Waals surface area contributed by atoms with Gasteiger partial charge in [-0.3, -0.25) is 4.79 Å². The molecule has 1 aliphatic heterocycles. The summed E-state index contributed by atoms with van der Waals surface area (Å²) >= 11 is 0. The predicted octanol–water partition coefficient (Wildman–Crippen LogP) is 0.383. The van der Waals surface area contributed by atoms with Crippen LogP contribution in [-0.4, -0.2) is 29.7 Å². The van der Waals surface area contributed by atoms with Crippen molar-refractivity contribution in [3.8, 4) is 0 Å². The monoisotopic (exact) mass is 223 g/mol. The molecule has 1 saturated heterocycles. The minimum atomic E-state index is -0.0789. The van der Waals surface area contributed by atoms with Gasteiger partial charge in [-0.1, -0.05) is 6.92 Å². The second-order valence-corrected chi connectivity index (χ2v) is 3.96. The van der Waals surface area contributed by atoms with E-state index in [0.717, 1.165) is 31.1 Å². The number of aromatic nitrogens is 2. The highest BCUT2D eigenvalue weighted by Gasteiger charge is 2.20. The van der Waals surface area contributed by atoms with Gasteiger partial charge in [-0.15, -0.1) is 0 Å². The van der Waals surface area contributed by atoms with Crippen LogP contribution >= 0.6 is 0 Å². The molecule has 0 saturated carbocycles. The Bertz CT molecular complexity index is 396. The summed E-state index contributed by atoms with van der Waals surface area (Å²) in [6.07, 6.45) is 0.938. The van der Waals surface area contributed by atoms with E-state index in [2.05, 4.69) is 15.3 Å². The maximum atomic E-state index is 11.5. The fourth-order valence-electron chi connectivity index (χ4n) is 1.82. The Hall–Kier alpha value is -1.20. The minimum absolute atomic E-state index is 0.0789. The van der Waals surface area contributed by atoms with Gasteiger partial charge in [0, 0.05) is 25.1 Å². The van der Waals surface area contributed by atoms with E-state index in [1.165, 1.54) is 0 Å². The van der Waals surface area contributed by atoms with Crippen molar-refractivity contribution in [1.29, 1.82) is 0 Å². The average molecular weight is 223 g/mol. The highest BCUT2D eigenvalue weighted by Crippen LogP contribution is 2.21. The molecule has 0 radical (unpaired) electrons. The molecule has 1 unspecified atom stereocenters. The maximum absolute atomic E-state index is 11.5. The van der Waals surface area contributed by atoms with Crippen LogP contribution in [0, 0.1) is 0 Å². The third-order valence-corrected chi connectivity index (χ3v) is 2.69. The molecule has 1 aliphatic rings. The lowest BCUT2D eigenvalue weighted by Gasteiger charge is -2.08. The normalized spacial score (nSPS) is 20.2. The standard InChI is InChI=1S/C11H17N3O2/c1-2-12-6-9-5-10(15)14-11(13-9)8-3-4-16-7-8/h5,8,12H,2-4,6-7H2,1H3,(H,13,14,15). The van der Waals surface area contributed by atoms with Gasteiger partial charge in [-0.25, -0.2) is 4.98 Å². The summed E-state index contributed by atoms with van der Waals surface area (Å²) in [6, 6.07) is 1.54. The molecule has 0 amide bonds. The van der Waals surface area contributed by atoms with E-state index < -0.39 is 0 Å². The van der Waals surface area contributed by atoms with Crippen molar-refractivity contribution in [3.05, 3.63) is 27.9 Å². The molecule has 1 aromatic rings. The Morgan fingerprint density at radius 2 is 2.56 bits per heavy atom. The van der Waals surface area contributed by atoms with E-state index in [1.807, 2.05) is 6.92 Å². The molecule has 2 rings (SSSR count). The summed E-state index contributed by atoms with van der Waals surface area (Å²) in [5.41, 5.74) is 0.720. The zero-order valence-electron chi connectivity index (χ0n) is 9.45. The van der Waals surface area contributed by atoms with Crippen LogP contribution in [0.1, 0.15) is 30.8 Å². The first-order valence-electron chi connectivity index (χ1n) is 5.68. The number of ether oxygens (including phenoxy) is 1. The number of hydrogen-bond donors (Lipinski definition) is 2. The summed E-state index contributed by atoms with van der Waals surface area (Å²) < 4.78 is 5.29. The summed E-state index contributed by atoms with van der Waals surface area (Å²) in [6.45, 7) is 4.95. The molecule has 1 atom stereocenters. The lowest BCUT2D eigenvalue weighted by molar-refractivity contribution is 0.193. The van der Waals surface area contributed by atoms with Crippen LogP contribution in [0.2, 0.25) is 0 Å². The lowest BCUT2D eigenvalue weighted by atomic mass is 10.1. The highest BCUT2D eigenvalue weighted by atomic mass is 16.5. The van der Waals surface area contributed by atoms with Crippen molar-refractivity contribution in [2.75, 3.05) is 19.8 Å². The Labute approximate surface area is 94.2 Å². The van der Waals surface area contributed by atoms with Crippen LogP contribution in [0.3, 0.4) is 0 Å². The number of nitrogens with one attached hydrogen (secondary N) is 2. The van der Waals surface area contributed by atoms with E-state index in [0.29, 0.717) is 13.2 Å². The first kappa shape index (κ1) is 11.3. The molecule has 0 spiro atoms. The summed E-state index contributed by atoms with van der Waals surface area (Å²) in [5, 5.41) is 3.16. The number of rotatable bonds is 4. The lowest BCUT2D eigenvalue weighted by Crippen LogP contribution is -2.20. The molecule has 16 heavy (non-hydrogen) atoms. The average Bonchev–Trinajstić information content (AvgIpc) is 2.79. The smallest absolute Gasteiger partial charge is 0.251 e. The van der Waals surface area contributed by atoms with Gasteiger partial charge in [0.05, 0.1) is 12.3 Å². The SMILES string of the molecule is CCNCc1cc(=O)[nH]c(C2CCOC2)n1. The molecule has 0 aliphatic carbocycles. The highest BCUT2D eigenvalue weighted by molar-refractivity contribution is 5.07. The molecule has 88 valence electrons. The Morgan fingerprint density at radius 1 is 1.69 bits per heavy atom. The van der Waals surface area contributed by atoms with Gasteiger partial charge < -0.3 is 15.0 Å². The van der Waals surface area contributed by atoms with E-state index >= 15 is 0 Å². The van der Waals surface area contributed by atoms with E-state index in [4.69, 9.17) is 4.74 Å². The molecular formula is C11H17N3O2. The van der Waals surface area contributed by atoms with Gasteiger partial charge in [-0.2, -0.15) is 0 Å². The second kappa shape index (κ2) is 5.23. The van der Waals surface area contributed by atoms with Gasteiger partial charge in [0.2, 0.25) is 0 Å². The summed E-state index contributed by atoms with van der Waals surface area (Å²) in [4.78, 5) is 18.7. The molecule has 1 aromatic heterocycles. The molecule has 2 N–H and O–H groups in total. The Morgan fingerprint density at radius 3 is 3.25 bits per heavy atom. The Kier molecular flexibility index (Phi) is 3.69. The molecular weight excluding hydrogens is 206 g/mol. The fraction of sp³-hybridized carbons (Fsp3) is 0.636. The molecule has 0 bridgehead atoms. The zero-order chi connectivity index (χ0) is 11.4. The molecule has 2 heterocycles. The van der Waals surface area contributed by atoms with Gasteiger partial charge in [0.25, 0.3) is 5.56 Å². The van der Waals surface area contributed by atoms with E-state index in [-0.39, 0.29) is 11.5 Å². The number of H-pyrrole nitrogens is 1. The van der Waals surface area contributed by atoms with Crippen LogP contribution in [-0.2, 0) is 11.3 Å². The number of nitrogens with zero attached hydrogens (tertiary/aromatic N) is 1. The third-order valence-electron chi connectivity index (χ3n) is 2.69. The largest absolute Gasteiger partial charge is 0.381 e. The fourth-order valence-corrected chi connectivity index (χ4v) is 1.82. The Balaban J connectivity index is 2.17. The van der Waals surface area contributed by atoms with Gasteiger partial charge in [0.15, 0.2) is 0 Å². The minimum Gasteiger partial charge on any atom is -0.381 e. The third kappa shape index (κ3) is 2.68. The molecule has 5 heteroatoms. The van der Waals surface area contributed by atoms with Crippen molar-refractivity contribution < 1.29 is 4.74 Å². The van der Waals surface area contributed by atoms with E-state index in [9.17, 15) is 4.79 Å². The molecule has 0 aromatic carbocycles.